The molecule has 1 N–H and O–H groups in total. The lowest BCUT2D eigenvalue weighted by Gasteiger charge is -2.51. The summed E-state index contributed by atoms with van der Waals surface area (Å²) in [6.45, 7) is 3.13. The highest BCUT2D eigenvalue weighted by Crippen LogP contribution is 2.47. The monoisotopic (exact) mass is 345 g/mol. The number of hydrogen-bond acceptors (Lipinski definition) is 2. The van der Waals surface area contributed by atoms with Gasteiger partial charge in [0.25, 0.3) is 5.91 Å². The first-order chi connectivity index (χ1) is 12.7. The van der Waals surface area contributed by atoms with Crippen LogP contribution >= 0.6 is 0 Å². The SMILES string of the molecule is CCC12CCN(C(=O)c3ccc4nc[nH]c4c3)C(Cc3ccccc31)C2. The van der Waals surface area contributed by atoms with Crippen LogP contribution in [0, 0.1) is 0 Å². The molecule has 26 heavy (non-hydrogen) atoms. The van der Waals surface area contributed by atoms with Crippen molar-refractivity contribution in [2.75, 3.05) is 6.54 Å². The van der Waals surface area contributed by atoms with Gasteiger partial charge in [0.1, 0.15) is 0 Å². The van der Waals surface area contributed by atoms with Crippen LogP contribution < -0.4 is 0 Å². The third-order valence-electron chi connectivity index (χ3n) is 6.55. The van der Waals surface area contributed by atoms with Crippen LogP contribution in [0.25, 0.3) is 11.0 Å². The zero-order valence-corrected chi connectivity index (χ0v) is 15.0. The van der Waals surface area contributed by atoms with Crippen molar-refractivity contribution in [3.8, 4) is 0 Å². The predicted octanol–water partition coefficient (Wildman–Crippen LogP) is 4.07. The van der Waals surface area contributed by atoms with Gasteiger partial charge in [0.05, 0.1) is 17.4 Å². The predicted molar refractivity (Wildman–Crippen MR) is 102 cm³/mol. The number of nitrogens with one attached hydrogen (secondary N) is 1. The largest absolute Gasteiger partial charge is 0.345 e. The Morgan fingerprint density at radius 3 is 3.08 bits per heavy atom. The minimum atomic E-state index is 0.149. The smallest absolute Gasteiger partial charge is 0.254 e. The van der Waals surface area contributed by atoms with E-state index in [0.29, 0.717) is 6.04 Å². The highest BCUT2D eigenvalue weighted by Gasteiger charge is 2.45. The average molecular weight is 345 g/mol. The Morgan fingerprint density at radius 1 is 1.31 bits per heavy atom. The number of benzene rings is 2. The Balaban J connectivity index is 1.49. The van der Waals surface area contributed by atoms with Gasteiger partial charge in [-0.15, -0.1) is 0 Å². The van der Waals surface area contributed by atoms with E-state index in [1.54, 1.807) is 6.33 Å². The van der Waals surface area contributed by atoms with E-state index in [1.165, 1.54) is 11.1 Å². The number of carbonyl (C=O) groups is 1. The number of hydrogen-bond donors (Lipinski definition) is 1. The summed E-state index contributed by atoms with van der Waals surface area (Å²) in [4.78, 5) is 22.7. The lowest BCUT2D eigenvalue weighted by Crippen LogP contribution is -2.54. The molecule has 2 aliphatic rings. The van der Waals surface area contributed by atoms with Crippen molar-refractivity contribution in [1.29, 1.82) is 0 Å². The number of nitrogens with zero attached hydrogens (tertiary/aromatic N) is 2. The Bertz CT molecular complexity index is 992. The molecule has 1 amide bonds. The standard InChI is InChI=1S/C22H23N3O/c1-2-22-9-10-25(17(13-22)11-15-5-3-4-6-18(15)22)21(26)16-7-8-19-20(12-16)24-14-23-19/h3-8,12,14,17H,2,9-11,13H2,1H3,(H,23,24). The molecular formula is C22H23N3O. The molecule has 1 saturated heterocycles. The number of likely N-dealkylation sites (tertiary alicyclic amines) is 1. The van der Waals surface area contributed by atoms with Crippen molar-refractivity contribution in [2.24, 2.45) is 0 Å². The number of rotatable bonds is 2. The molecule has 0 spiro atoms. The molecule has 4 heteroatoms. The summed E-state index contributed by atoms with van der Waals surface area (Å²) < 4.78 is 0. The number of aromatic amines is 1. The van der Waals surface area contributed by atoms with Gasteiger partial charge in [-0.3, -0.25) is 4.79 Å². The molecule has 1 fully saturated rings. The molecule has 0 saturated carbocycles. The zero-order valence-electron chi connectivity index (χ0n) is 15.0. The molecule has 1 aliphatic heterocycles. The summed E-state index contributed by atoms with van der Waals surface area (Å²) in [7, 11) is 0. The van der Waals surface area contributed by atoms with E-state index in [-0.39, 0.29) is 11.3 Å². The number of carbonyl (C=O) groups excluding carboxylic acids is 1. The molecular weight excluding hydrogens is 322 g/mol. The fourth-order valence-corrected chi connectivity index (χ4v) is 5.09. The molecule has 132 valence electrons. The Labute approximate surface area is 153 Å². The van der Waals surface area contributed by atoms with Crippen LogP contribution in [0.3, 0.4) is 0 Å². The quantitative estimate of drug-likeness (QED) is 0.761. The number of imidazole rings is 1. The molecule has 2 aromatic carbocycles. The molecule has 2 unspecified atom stereocenters. The molecule has 2 atom stereocenters. The van der Waals surface area contributed by atoms with Crippen LogP contribution in [-0.4, -0.2) is 33.4 Å². The Morgan fingerprint density at radius 2 is 2.19 bits per heavy atom. The summed E-state index contributed by atoms with van der Waals surface area (Å²) in [5, 5.41) is 0. The second kappa shape index (κ2) is 5.70. The number of fused-ring (bicyclic) bond motifs is 5. The van der Waals surface area contributed by atoms with Crippen LogP contribution in [0.2, 0.25) is 0 Å². The average Bonchev–Trinajstić information content (AvgIpc) is 3.15. The fourth-order valence-electron chi connectivity index (χ4n) is 5.09. The minimum Gasteiger partial charge on any atom is -0.345 e. The molecule has 1 aromatic heterocycles. The maximum Gasteiger partial charge on any atom is 0.254 e. The third-order valence-corrected chi connectivity index (χ3v) is 6.55. The summed E-state index contributed by atoms with van der Waals surface area (Å²) in [6, 6.07) is 14.9. The zero-order chi connectivity index (χ0) is 17.7. The second-order valence-electron chi connectivity index (χ2n) is 7.74. The second-order valence-corrected chi connectivity index (χ2v) is 7.74. The van der Waals surface area contributed by atoms with Crippen molar-refractivity contribution < 1.29 is 4.79 Å². The first kappa shape index (κ1) is 15.6. The fraction of sp³-hybridized carbons (Fsp3) is 0.364. The van der Waals surface area contributed by atoms with E-state index in [0.717, 1.165) is 48.8 Å². The van der Waals surface area contributed by atoms with E-state index in [4.69, 9.17) is 0 Å². The number of H-pyrrole nitrogens is 1. The van der Waals surface area contributed by atoms with E-state index in [9.17, 15) is 4.79 Å². The summed E-state index contributed by atoms with van der Waals surface area (Å²) in [5.74, 6) is 0.149. The van der Waals surface area contributed by atoms with Crippen LogP contribution in [-0.2, 0) is 11.8 Å². The first-order valence-electron chi connectivity index (χ1n) is 9.53. The molecule has 0 radical (unpaired) electrons. The maximum absolute atomic E-state index is 13.3. The maximum atomic E-state index is 13.3. The van der Waals surface area contributed by atoms with Gasteiger partial charge >= 0.3 is 0 Å². The van der Waals surface area contributed by atoms with E-state index < -0.39 is 0 Å². The molecule has 1 aliphatic carbocycles. The van der Waals surface area contributed by atoms with Gasteiger partial charge in [-0.25, -0.2) is 4.98 Å². The molecule has 2 bridgehead atoms. The number of piperidine rings is 1. The van der Waals surface area contributed by atoms with Crippen molar-refractivity contribution in [3.05, 3.63) is 65.5 Å². The van der Waals surface area contributed by atoms with Gasteiger partial charge in [-0.1, -0.05) is 31.2 Å². The number of aromatic nitrogens is 2. The molecule has 2 heterocycles. The van der Waals surface area contributed by atoms with Crippen LogP contribution in [0.1, 0.15) is 47.7 Å². The van der Waals surface area contributed by atoms with E-state index in [2.05, 4.69) is 46.1 Å². The summed E-state index contributed by atoms with van der Waals surface area (Å²) in [5.41, 5.74) is 5.76. The van der Waals surface area contributed by atoms with Gasteiger partial charge in [0.15, 0.2) is 0 Å². The van der Waals surface area contributed by atoms with Crippen LogP contribution in [0.15, 0.2) is 48.8 Å². The normalized spacial score (nSPS) is 24.5. The van der Waals surface area contributed by atoms with Crippen molar-refractivity contribution in [2.45, 2.75) is 44.1 Å². The van der Waals surface area contributed by atoms with Crippen LogP contribution in [0.4, 0.5) is 0 Å². The first-order valence-corrected chi connectivity index (χ1v) is 9.53. The van der Waals surface area contributed by atoms with E-state index in [1.807, 2.05) is 18.2 Å². The van der Waals surface area contributed by atoms with E-state index >= 15 is 0 Å². The topological polar surface area (TPSA) is 49.0 Å². The van der Waals surface area contributed by atoms with Crippen molar-refractivity contribution >= 4 is 16.9 Å². The van der Waals surface area contributed by atoms with Crippen LogP contribution in [0.5, 0.6) is 0 Å². The lowest BCUT2D eigenvalue weighted by molar-refractivity contribution is 0.0459. The highest BCUT2D eigenvalue weighted by atomic mass is 16.2. The van der Waals surface area contributed by atoms with Crippen molar-refractivity contribution in [1.82, 2.24) is 14.9 Å². The van der Waals surface area contributed by atoms with Gasteiger partial charge < -0.3 is 9.88 Å². The van der Waals surface area contributed by atoms with Gasteiger partial charge in [0, 0.05) is 18.2 Å². The Hall–Kier alpha value is -2.62. The minimum absolute atomic E-state index is 0.149. The third kappa shape index (κ3) is 2.21. The summed E-state index contributed by atoms with van der Waals surface area (Å²) >= 11 is 0. The van der Waals surface area contributed by atoms with Gasteiger partial charge in [-0.2, -0.15) is 0 Å². The molecule has 4 nitrogen and oxygen atoms in total. The van der Waals surface area contributed by atoms with Crippen molar-refractivity contribution in [3.63, 3.8) is 0 Å². The molecule has 5 rings (SSSR count). The van der Waals surface area contributed by atoms with Gasteiger partial charge in [0.2, 0.25) is 0 Å². The summed E-state index contributed by atoms with van der Waals surface area (Å²) in [6.07, 6.45) is 5.92. The molecule has 3 aromatic rings. The Kier molecular flexibility index (Phi) is 3.42. The lowest BCUT2D eigenvalue weighted by atomic mass is 9.62. The highest BCUT2D eigenvalue weighted by molar-refractivity contribution is 5.97. The number of amides is 1. The van der Waals surface area contributed by atoms with Gasteiger partial charge in [-0.05, 0) is 60.4 Å².